The molecule has 2 aromatic rings. The fraction of sp³-hybridized carbons (Fsp3) is 0.0667. The molecule has 0 aliphatic rings. The number of hydrogen-bond donors (Lipinski definition) is 2. The van der Waals surface area contributed by atoms with Gasteiger partial charge >= 0.3 is 11.5 Å². The fourth-order valence-corrected chi connectivity index (χ4v) is 2.52. The van der Waals surface area contributed by atoms with Crippen LogP contribution in [0.4, 0.5) is 18.9 Å². The Kier molecular flexibility index (Phi) is 5.40. The summed E-state index contributed by atoms with van der Waals surface area (Å²) >= 11 is 5.42. The van der Waals surface area contributed by atoms with Gasteiger partial charge in [0.15, 0.2) is 0 Å². The Hall–Kier alpha value is -2.19. The number of benzene rings is 2. The highest BCUT2D eigenvalue weighted by atomic mass is 35.5. The Morgan fingerprint density at radius 2 is 1.71 bits per heavy atom. The van der Waals surface area contributed by atoms with Crippen molar-refractivity contribution >= 4 is 40.9 Å². The predicted molar refractivity (Wildman–Crippen MR) is 84.7 cm³/mol. The van der Waals surface area contributed by atoms with Crippen molar-refractivity contribution in [3.8, 4) is 0 Å². The smallest absolute Gasteiger partial charge is 0.446 e. The molecule has 0 saturated heterocycles. The van der Waals surface area contributed by atoms with Crippen LogP contribution in [0.1, 0.15) is 20.7 Å². The van der Waals surface area contributed by atoms with Crippen LogP contribution in [-0.2, 0) is 0 Å². The molecule has 9 heteroatoms. The third kappa shape index (κ3) is 4.90. The summed E-state index contributed by atoms with van der Waals surface area (Å²) in [5.41, 5.74) is -4.48. The first-order valence-corrected chi connectivity index (χ1v) is 7.55. The summed E-state index contributed by atoms with van der Waals surface area (Å²) in [6.45, 7) is 0. The molecule has 24 heavy (non-hydrogen) atoms. The monoisotopic (exact) mass is 375 g/mol. The van der Waals surface area contributed by atoms with E-state index in [1.54, 1.807) is 0 Å². The molecule has 0 aliphatic carbocycles. The van der Waals surface area contributed by atoms with Gasteiger partial charge in [0, 0.05) is 15.5 Å². The van der Waals surface area contributed by atoms with E-state index in [9.17, 15) is 22.8 Å². The molecular formula is C15H9ClF3NO3S. The molecule has 0 heterocycles. The zero-order valence-corrected chi connectivity index (χ0v) is 13.3. The lowest BCUT2D eigenvalue weighted by molar-refractivity contribution is -0.0328. The van der Waals surface area contributed by atoms with Crippen LogP contribution < -0.4 is 5.32 Å². The number of carbonyl (C=O) groups is 2. The van der Waals surface area contributed by atoms with Crippen LogP contribution in [0.15, 0.2) is 47.4 Å². The summed E-state index contributed by atoms with van der Waals surface area (Å²) in [5.74, 6) is -1.92. The minimum atomic E-state index is -4.41. The van der Waals surface area contributed by atoms with E-state index >= 15 is 0 Å². The van der Waals surface area contributed by atoms with Crippen LogP contribution in [-0.4, -0.2) is 22.5 Å². The topological polar surface area (TPSA) is 66.4 Å². The predicted octanol–water partition coefficient (Wildman–Crippen LogP) is 4.90. The second-order valence-corrected chi connectivity index (χ2v) is 6.10. The van der Waals surface area contributed by atoms with E-state index in [2.05, 4.69) is 5.32 Å². The van der Waals surface area contributed by atoms with Gasteiger partial charge in [-0.15, -0.1) is 0 Å². The first-order valence-electron chi connectivity index (χ1n) is 6.36. The van der Waals surface area contributed by atoms with Gasteiger partial charge in [0.05, 0.1) is 11.3 Å². The van der Waals surface area contributed by atoms with Crippen LogP contribution in [0.25, 0.3) is 0 Å². The number of halogens is 4. The van der Waals surface area contributed by atoms with E-state index in [0.717, 1.165) is 12.1 Å². The molecule has 0 bridgehead atoms. The summed E-state index contributed by atoms with van der Waals surface area (Å²) in [6, 6.07) is 8.69. The number of amides is 1. The summed E-state index contributed by atoms with van der Waals surface area (Å²) in [7, 11) is 0. The largest absolute Gasteiger partial charge is 0.478 e. The molecule has 4 nitrogen and oxygen atoms in total. The number of rotatable bonds is 4. The average Bonchev–Trinajstić information content (AvgIpc) is 2.48. The highest BCUT2D eigenvalue weighted by Crippen LogP contribution is 2.36. The lowest BCUT2D eigenvalue weighted by atomic mass is 10.1. The molecule has 1 amide bonds. The maximum atomic E-state index is 12.3. The quantitative estimate of drug-likeness (QED) is 0.746. The maximum Gasteiger partial charge on any atom is 0.446 e. The molecule has 0 aliphatic heterocycles. The fourth-order valence-electron chi connectivity index (χ4n) is 1.80. The highest BCUT2D eigenvalue weighted by molar-refractivity contribution is 8.00. The Morgan fingerprint density at radius 3 is 2.25 bits per heavy atom. The van der Waals surface area contributed by atoms with Gasteiger partial charge < -0.3 is 10.4 Å². The van der Waals surface area contributed by atoms with Crippen molar-refractivity contribution in [2.45, 2.75) is 10.4 Å². The van der Waals surface area contributed by atoms with Crippen molar-refractivity contribution in [2.24, 2.45) is 0 Å². The standard InChI is InChI=1S/C15H9ClF3NO3S/c16-9-3-6-12(11(7-9)14(22)23)20-13(21)8-1-4-10(5-2-8)24-15(17,18)19/h1-7H,(H,20,21)(H,22,23). The Bertz CT molecular complexity index is 779. The number of carbonyl (C=O) groups excluding carboxylic acids is 1. The van der Waals surface area contributed by atoms with Gasteiger partial charge in [-0.3, -0.25) is 4.79 Å². The van der Waals surface area contributed by atoms with Gasteiger partial charge in [-0.25, -0.2) is 4.79 Å². The van der Waals surface area contributed by atoms with Gasteiger partial charge in [-0.05, 0) is 54.2 Å². The number of alkyl halides is 3. The molecule has 0 atom stereocenters. The first kappa shape index (κ1) is 18.2. The number of aromatic carboxylic acids is 1. The van der Waals surface area contributed by atoms with Gasteiger partial charge in [0.25, 0.3) is 5.91 Å². The summed E-state index contributed by atoms with van der Waals surface area (Å²) in [6.07, 6.45) is 0. The molecular weight excluding hydrogens is 367 g/mol. The lowest BCUT2D eigenvalue weighted by Gasteiger charge is -2.10. The minimum Gasteiger partial charge on any atom is -0.478 e. The van der Waals surface area contributed by atoms with Crippen molar-refractivity contribution in [2.75, 3.05) is 5.32 Å². The number of anilines is 1. The summed E-state index contributed by atoms with van der Waals surface area (Å²) in [4.78, 5) is 23.2. The van der Waals surface area contributed by atoms with Crippen LogP contribution in [0.5, 0.6) is 0 Å². The summed E-state index contributed by atoms with van der Waals surface area (Å²) in [5, 5.41) is 11.7. The SMILES string of the molecule is O=C(Nc1ccc(Cl)cc1C(=O)O)c1ccc(SC(F)(F)F)cc1. The molecule has 0 aromatic heterocycles. The van der Waals surface area contributed by atoms with Gasteiger partial charge in [0.1, 0.15) is 0 Å². The van der Waals surface area contributed by atoms with Gasteiger partial charge in [0.2, 0.25) is 0 Å². The van der Waals surface area contributed by atoms with Crippen LogP contribution in [0, 0.1) is 0 Å². The van der Waals surface area contributed by atoms with E-state index in [1.165, 1.54) is 30.3 Å². The molecule has 0 spiro atoms. The van der Waals surface area contributed by atoms with Crippen molar-refractivity contribution in [3.05, 3.63) is 58.6 Å². The number of nitrogens with one attached hydrogen (secondary N) is 1. The van der Waals surface area contributed by atoms with E-state index in [1.807, 2.05) is 0 Å². The normalized spacial score (nSPS) is 11.2. The molecule has 2 rings (SSSR count). The number of hydrogen-bond acceptors (Lipinski definition) is 3. The third-order valence-corrected chi connectivity index (χ3v) is 3.78. The number of thioether (sulfide) groups is 1. The molecule has 2 aromatic carbocycles. The van der Waals surface area contributed by atoms with Gasteiger partial charge in [-0.2, -0.15) is 13.2 Å². The van der Waals surface area contributed by atoms with E-state index in [4.69, 9.17) is 16.7 Å². The molecule has 0 unspecified atom stereocenters. The minimum absolute atomic E-state index is 0.0330. The van der Waals surface area contributed by atoms with E-state index in [0.29, 0.717) is 0 Å². The molecule has 0 fully saturated rings. The summed E-state index contributed by atoms with van der Waals surface area (Å²) < 4.78 is 36.8. The lowest BCUT2D eigenvalue weighted by Crippen LogP contribution is -2.14. The first-order chi connectivity index (χ1) is 11.2. The Balaban J connectivity index is 2.17. The van der Waals surface area contributed by atoms with Crippen molar-refractivity contribution in [1.82, 2.24) is 0 Å². The van der Waals surface area contributed by atoms with Crippen molar-refractivity contribution in [1.29, 1.82) is 0 Å². The second-order valence-electron chi connectivity index (χ2n) is 4.52. The molecule has 0 saturated carbocycles. The van der Waals surface area contributed by atoms with Crippen LogP contribution in [0.2, 0.25) is 5.02 Å². The Labute approximate surface area is 143 Å². The number of carboxylic acid groups (broad SMARTS) is 1. The van der Waals surface area contributed by atoms with Gasteiger partial charge in [-0.1, -0.05) is 11.6 Å². The van der Waals surface area contributed by atoms with Crippen molar-refractivity contribution < 1.29 is 27.9 Å². The molecule has 0 radical (unpaired) electrons. The van der Waals surface area contributed by atoms with Crippen LogP contribution >= 0.6 is 23.4 Å². The third-order valence-electron chi connectivity index (χ3n) is 2.81. The zero-order valence-electron chi connectivity index (χ0n) is 11.7. The average molecular weight is 376 g/mol. The van der Waals surface area contributed by atoms with Crippen molar-refractivity contribution in [3.63, 3.8) is 0 Å². The molecule has 2 N–H and O–H groups in total. The number of carboxylic acids is 1. The van der Waals surface area contributed by atoms with E-state index in [-0.39, 0.29) is 38.5 Å². The van der Waals surface area contributed by atoms with E-state index < -0.39 is 17.4 Å². The second kappa shape index (κ2) is 7.14. The maximum absolute atomic E-state index is 12.3. The van der Waals surface area contributed by atoms with Crippen LogP contribution in [0.3, 0.4) is 0 Å². The zero-order chi connectivity index (χ0) is 17.9. The molecule has 126 valence electrons. The Morgan fingerprint density at radius 1 is 1.08 bits per heavy atom. The highest BCUT2D eigenvalue weighted by Gasteiger charge is 2.29.